The van der Waals surface area contributed by atoms with Crippen LogP contribution in [0.5, 0.6) is 0 Å². The summed E-state index contributed by atoms with van der Waals surface area (Å²) in [4.78, 5) is 0. The molecule has 84 valence electrons. The lowest BCUT2D eigenvalue weighted by Crippen LogP contribution is -2.05. The van der Waals surface area contributed by atoms with Crippen molar-refractivity contribution in [2.45, 2.75) is 46.5 Å². The van der Waals surface area contributed by atoms with Crippen LogP contribution < -0.4 is 0 Å². The fraction of sp³-hybridized carbons (Fsp3) is 0.538. The lowest BCUT2D eigenvalue weighted by Gasteiger charge is -2.16. The van der Waals surface area contributed by atoms with Crippen LogP contribution in [0.2, 0.25) is 0 Å². The molecule has 0 nitrogen and oxygen atoms in total. The van der Waals surface area contributed by atoms with Crippen molar-refractivity contribution in [1.29, 1.82) is 0 Å². The standard InChI is InChI=1S/C13H18F2/c1-7(2)10-6-11(14)12(8(3)4)13(15)9(10)5/h6-8H,1-5H3. The molecule has 1 aromatic rings. The molecular weight excluding hydrogens is 194 g/mol. The molecule has 15 heavy (non-hydrogen) atoms. The van der Waals surface area contributed by atoms with Crippen molar-refractivity contribution in [2.24, 2.45) is 0 Å². The second-order valence-electron chi connectivity index (χ2n) is 4.61. The maximum Gasteiger partial charge on any atom is 0.132 e. The van der Waals surface area contributed by atoms with E-state index in [1.165, 1.54) is 6.07 Å². The summed E-state index contributed by atoms with van der Waals surface area (Å²) < 4.78 is 27.6. The van der Waals surface area contributed by atoms with Gasteiger partial charge in [-0.25, -0.2) is 8.78 Å². The van der Waals surface area contributed by atoms with Crippen molar-refractivity contribution in [1.82, 2.24) is 0 Å². The van der Waals surface area contributed by atoms with Gasteiger partial charge in [-0.2, -0.15) is 0 Å². The summed E-state index contributed by atoms with van der Waals surface area (Å²) in [5.41, 5.74) is 1.54. The zero-order chi connectivity index (χ0) is 11.7. The van der Waals surface area contributed by atoms with Crippen LogP contribution in [-0.2, 0) is 0 Å². The molecular formula is C13H18F2. The average Bonchev–Trinajstić information content (AvgIpc) is 2.10. The zero-order valence-corrected chi connectivity index (χ0v) is 9.99. The van der Waals surface area contributed by atoms with Gasteiger partial charge in [0.2, 0.25) is 0 Å². The molecule has 0 saturated carbocycles. The number of rotatable bonds is 2. The van der Waals surface area contributed by atoms with Gasteiger partial charge in [0.1, 0.15) is 11.6 Å². The second kappa shape index (κ2) is 4.30. The van der Waals surface area contributed by atoms with Crippen LogP contribution in [0.3, 0.4) is 0 Å². The molecule has 0 spiro atoms. The van der Waals surface area contributed by atoms with Crippen LogP contribution in [0.15, 0.2) is 6.07 Å². The summed E-state index contributed by atoms with van der Waals surface area (Å²) in [7, 11) is 0. The van der Waals surface area contributed by atoms with Gasteiger partial charge in [-0.3, -0.25) is 0 Å². The van der Waals surface area contributed by atoms with Crippen LogP contribution in [0.4, 0.5) is 8.78 Å². The fourth-order valence-electron chi connectivity index (χ4n) is 1.88. The Labute approximate surface area is 90.3 Å². The molecule has 0 aliphatic heterocycles. The highest BCUT2D eigenvalue weighted by Gasteiger charge is 2.19. The van der Waals surface area contributed by atoms with Crippen molar-refractivity contribution in [3.8, 4) is 0 Å². The quantitative estimate of drug-likeness (QED) is 0.676. The molecule has 0 N–H and O–H groups in total. The van der Waals surface area contributed by atoms with E-state index in [0.717, 1.165) is 5.56 Å². The van der Waals surface area contributed by atoms with Crippen LogP contribution in [0.25, 0.3) is 0 Å². The van der Waals surface area contributed by atoms with Crippen LogP contribution in [0.1, 0.15) is 56.2 Å². The Kier molecular flexibility index (Phi) is 3.48. The number of halogens is 2. The number of hydrogen-bond acceptors (Lipinski definition) is 0. The SMILES string of the molecule is Cc1c(C(C)C)cc(F)c(C(C)C)c1F. The molecule has 0 radical (unpaired) electrons. The molecule has 0 unspecified atom stereocenters. The number of benzene rings is 1. The van der Waals surface area contributed by atoms with E-state index in [1.807, 2.05) is 13.8 Å². The molecule has 0 amide bonds. The Morgan fingerprint density at radius 3 is 1.93 bits per heavy atom. The van der Waals surface area contributed by atoms with E-state index in [1.54, 1.807) is 20.8 Å². The third-order valence-electron chi connectivity index (χ3n) is 2.74. The molecule has 0 aliphatic carbocycles. The molecule has 1 aromatic carbocycles. The summed E-state index contributed by atoms with van der Waals surface area (Å²) in [6, 6.07) is 1.47. The van der Waals surface area contributed by atoms with E-state index in [4.69, 9.17) is 0 Å². The minimum atomic E-state index is -0.420. The lowest BCUT2D eigenvalue weighted by molar-refractivity contribution is 0.530. The predicted octanol–water partition coefficient (Wildman–Crippen LogP) is 4.52. The first-order valence-electron chi connectivity index (χ1n) is 5.34. The van der Waals surface area contributed by atoms with Crippen molar-refractivity contribution >= 4 is 0 Å². The predicted molar refractivity (Wildman–Crippen MR) is 59.3 cm³/mol. The third-order valence-corrected chi connectivity index (χ3v) is 2.74. The lowest BCUT2D eigenvalue weighted by atomic mass is 9.91. The normalized spacial score (nSPS) is 11.5. The summed E-state index contributed by atoms with van der Waals surface area (Å²) >= 11 is 0. The van der Waals surface area contributed by atoms with Crippen LogP contribution in [-0.4, -0.2) is 0 Å². The van der Waals surface area contributed by atoms with E-state index in [0.29, 0.717) is 5.56 Å². The largest absolute Gasteiger partial charge is 0.207 e. The summed E-state index contributed by atoms with van der Waals surface area (Å²) in [5.74, 6) is -0.773. The molecule has 1 rings (SSSR count). The van der Waals surface area contributed by atoms with Gasteiger partial charge in [0.25, 0.3) is 0 Å². The Morgan fingerprint density at radius 2 is 1.53 bits per heavy atom. The summed E-state index contributed by atoms with van der Waals surface area (Å²) in [5, 5.41) is 0. The van der Waals surface area contributed by atoms with Crippen LogP contribution >= 0.6 is 0 Å². The Bertz CT molecular complexity index is 365. The zero-order valence-electron chi connectivity index (χ0n) is 9.99. The van der Waals surface area contributed by atoms with Gasteiger partial charge in [-0.15, -0.1) is 0 Å². The molecule has 0 fully saturated rings. The maximum absolute atomic E-state index is 13.9. The van der Waals surface area contributed by atoms with Crippen molar-refractivity contribution < 1.29 is 8.78 Å². The Hall–Kier alpha value is -0.920. The highest BCUT2D eigenvalue weighted by Crippen LogP contribution is 2.30. The smallest absolute Gasteiger partial charge is 0.132 e. The van der Waals surface area contributed by atoms with Gasteiger partial charge in [0.15, 0.2) is 0 Å². The van der Waals surface area contributed by atoms with Gasteiger partial charge in [0.05, 0.1) is 0 Å². The monoisotopic (exact) mass is 212 g/mol. The van der Waals surface area contributed by atoms with Crippen LogP contribution in [0, 0.1) is 18.6 Å². The molecule has 0 bridgehead atoms. The van der Waals surface area contributed by atoms with Gasteiger partial charge in [-0.1, -0.05) is 27.7 Å². The third kappa shape index (κ3) is 2.19. The average molecular weight is 212 g/mol. The molecule has 0 atom stereocenters. The molecule has 0 aromatic heterocycles. The van der Waals surface area contributed by atoms with Gasteiger partial charge in [-0.05, 0) is 36.0 Å². The first-order valence-corrected chi connectivity index (χ1v) is 5.34. The van der Waals surface area contributed by atoms with Crippen molar-refractivity contribution in [3.63, 3.8) is 0 Å². The first-order chi connectivity index (χ1) is 6.86. The molecule has 0 heterocycles. The van der Waals surface area contributed by atoms with Gasteiger partial charge in [0, 0.05) is 5.56 Å². The first kappa shape index (κ1) is 12.2. The fourth-order valence-corrected chi connectivity index (χ4v) is 1.88. The molecule has 2 heteroatoms. The van der Waals surface area contributed by atoms with Gasteiger partial charge >= 0.3 is 0 Å². The highest BCUT2D eigenvalue weighted by atomic mass is 19.1. The highest BCUT2D eigenvalue weighted by molar-refractivity contribution is 5.37. The minimum Gasteiger partial charge on any atom is -0.207 e. The van der Waals surface area contributed by atoms with E-state index in [9.17, 15) is 8.78 Å². The van der Waals surface area contributed by atoms with Crippen molar-refractivity contribution in [2.75, 3.05) is 0 Å². The Balaban J connectivity index is 3.44. The topological polar surface area (TPSA) is 0 Å². The second-order valence-corrected chi connectivity index (χ2v) is 4.61. The van der Waals surface area contributed by atoms with E-state index >= 15 is 0 Å². The minimum absolute atomic E-state index is 0.120. The van der Waals surface area contributed by atoms with E-state index in [-0.39, 0.29) is 23.2 Å². The summed E-state index contributed by atoms with van der Waals surface area (Å²) in [6.07, 6.45) is 0. The number of hydrogen-bond donors (Lipinski definition) is 0. The Morgan fingerprint density at radius 1 is 1.00 bits per heavy atom. The van der Waals surface area contributed by atoms with Gasteiger partial charge < -0.3 is 0 Å². The molecule has 0 saturated heterocycles. The van der Waals surface area contributed by atoms with E-state index < -0.39 is 5.82 Å². The molecule has 0 aliphatic rings. The van der Waals surface area contributed by atoms with Crippen molar-refractivity contribution in [3.05, 3.63) is 34.4 Å². The maximum atomic E-state index is 13.9. The van der Waals surface area contributed by atoms with E-state index in [2.05, 4.69) is 0 Å². The summed E-state index contributed by atoms with van der Waals surface area (Å²) in [6.45, 7) is 9.20.